The molecular formula is C13H16ClF3N2O2S. The Kier molecular flexibility index (Phi) is 5.06. The molecule has 1 heterocycles. The fourth-order valence-corrected chi connectivity index (χ4v) is 4.44. The molecule has 0 bridgehead atoms. The van der Waals surface area contributed by atoms with Gasteiger partial charge in [-0.25, -0.2) is 8.42 Å². The van der Waals surface area contributed by atoms with Crippen molar-refractivity contribution in [1.29, 1.82) is 0 Å². The molecule has 0 radical (unpaired) electrons. The molecule has 0 spiro atoms. The van der Waals surface area contributed by atoms with Crippen LogP contribution < -0.4 is 5.32 Å². The fourth-order valence-electron chi connectivity index (χ4n) is 2.41. The van der Waals surface area contributed by atoms with E-state index in [-0.39, 0.29) is 24.2 Å². The van der Waals surface area contributed by atoms with E-state index in [4.69, 9.17) is 11.6 Å². The smallest absolute Gasteiger partial charge is 0.316 e. The largest absolute Gasteiger partial charge is 0.416 e. The lowest BCUT2D eigenvalue weighted by atomic mass is 10.1. The number of halogens is 4. The summed E-state index contributed by atoms with van der Waals surface area (Å²) in [6, 6.07) is 2.32. The van der Waals surface area contributed by atoms with Crippen LogP contribution in [0.25, 0.3) is 0 Å². The number of sulfonamides is 1. The maximum absolute atomic E-state index is 12.8. The van der Waals surface area contributed by atoms with Gasteiger partial charge in [-0.2, -0.15) is 17.5 Å². The number of benzene rings is 1. The summed E-state index contributed by atoms with van der Waals surface area (Å²) in [4.78, 5) is -0.499. The average molecular weight is 357 g/mol. The molecule has 1 unspecified atom stereocenters. The molecule has 1 fully saturated rings. The first-order valence-corrected chi connectivity index (χ1v) is 8.52. The van der Waals surface area contributed by atoms with E-state index in [9.17, 15) is 21.6 Å². The standard InChI is InChI=1S/C13H16ClF3N2O2S/c1-18-10-3-2-6-19(8-10)22(20,21)12-7-9(13(15,16)17)4-5-11(12)14/h4-5,7,10,18H,2-3,6,8H2,1H3. The van der Waals surface area contributed by atoms with Crippen LogP contribution in [0, 0.1) is 0 Å². The van der Waals surface area contributed by atoms with E-state index in [1.54, 1.807) is 7.05 Å². The Balaban J connectivity index is 2.41. The van der Waals surface area contributed by atoms with E-state index >= 15 is 0 Å². The zero-order valence-electron chi connectivity index (χ0n) is 11.8. The normalized spacial score (nSPS) is 21.0. The monoisotopic (exact) mass is 356 g/mol. The van der Waals surface area contributed by atoms with E-state index in [0.29, 0.717) is 12.5 Å². The van der Waals surface area contributed by atoms with Crippen LogP contribution in [0.2, 0.25) is 5.02 Å². The predicted molar refractivity (Wildman–Crippen MR) is 77.3 cm³/mol. The van der Waals surface area contributed by atoms with Crippen molar-refractivity contribution < 1.29 is 21.6 Å². The maximum Gasteiger partial charge on any atom is 0.416 e. The average Bonchev–Trinajstić information content (AvgIpc) is 2.46. The van der Waals surface area contributed by atoms with Gasteiger partial charge >= 0.3 is 6.18 Å². The number of alkyl halides is 3. The molecule has 1 saturated heterocycles. The van der Waals surface area contributed by atoms with Crippen LogP contribution in [0.15, 0.2) is 23.1 Å². The van der Waals surface area contributed by atoms with Gasteiger partial charge in [-0.1, -0.05) is 11.6 Å². The molecule has 2 rings (SSSR count). The molecular weight excluding hydrogens is 341 g/mol. The molecule has 0 saturated carbocycles. The van der Waals surface area contributed by atoms with Gasteiger partial charge in [0.2, 0.25) is 10.0 Å². The molecule has 1 N–H and O–H groups in total. The van der Waals surface area contributed by atoms with Crippen molar-refractivity contribution in [1.82, 2.24) is 9.62 Å². The van der Waals surface area contributed by atoms with Gasteiger partial charge in [0.05, 0.1) is 10.6 Å². The lowest BCUT2D eigenvalue weighted by molar-refractivity contribution is -0.137. The molecule has 1 aromatic rings. The van der Waals surface area contributed by atoms with E-state index < -0.39 is 26.7 Å². The van der Waals surface area contributed by atoms with Crippen LogP contribution >= 0.6 is 11.6 Å². The number of nitrogens with one attached hydrogen (secondary N) is 1. The third kappa shape index (κ3) is 3.56. The van der Waals surface area contributed by atoms with Crippen molar-refractivity contribution in [3.05, 3.63) is 28.8 Å². The molecule has 9 heteroatoms. The van der Waals surface area contributed by atoms with Crippen LogP contribution in [-0.2, 0) is 16.2 Å². The minimum Gasteiger partial charge on any atom is -0.316 e. The van der Waals surface area contributed by atoms with Gasteiger partial charge in [0, 0.05) is 19.1 Å². The number of hydrogen-bond donors (Lipinski definition) is 1. The van der Waals surface area contributed by atoms with Crippen LogP contribution in [0.5, 0.6) is 0 Å². The van der Waals surface area contributed by atoms with Crippen molar-refractivity contribution >= 4 is 21.6 Å². The summed E-state index contributed by atoms with van der Waals surface area (Å²) in [5.41, 5.74) is -1.03. The van der Waals surface area contributed by atoms with Gasteiger partial charge in [0.15, 0.2) is 0 Å². The SMILES string of the molecule is CNC1CCCN(S(=O)(=O)c2cc(C(F)(F)F)ccc2Cl)C1. The van der Waals surface area contributed by atoms with E-state index in [1.807, 2.05) is 0 Å². The zero-order chi connectivity index (χ0) is 16.5. The Bertz CT molecular complexity index is 649. The molecule has 22 heavy (non-hydrogen) atoms. The van der Waals surface area contributed by atoms with Gasteiger partial charge in [0.25, 0.3) is 0 Å². The third-order valence-corrected chi connectivity index (χ3v) is 6.02. The second kappa shape index (κ2) is 6.35. The van der Waals surface area contributed by atoms with Crippen LogP contribution in [-0.4, -0.2) is 38.9 Å². The minimum absolute atomic E-state index is 0.0203. The first-order valence-electron chi connectivity index (χ1n) is 6.70. The molecule has 1 aliphatic rings. The topological polar surface area (TPSA) is 49.4 Å². The predicted octanol–water partition coefficient (Wildman–Crippen LogP) is 2.73. The highest BCUT2D eigenvalue weighted by molar-refractivity contribution is 7.89. The Morgan fingerprint density at radius 2 is 2.05 bits per heavy atom. The van der Waals surface area contributed by atoms with Crippen molar-refractivity contribution in [2.24, 2.45) is 0 Å². The number of likely N-dealkylation sites (N-methyl/N-ethyl adjacent to an activating group) is 1. The van der Waals surface area contributed by atoms with E-state index in [0.717, 1.165) is 18.6 Å². The van der Waals surface area contributed by atoms with E-state index in [2.05, 4.69) is 5.32 Å². The summed E-state index contributed by atoms with van der Waals surface area (Å²) in [6.45, 7) is 0.485. The highest BCUT2D eigenvalue weighted by Gasteiger charge is 2.35. The Labute approximate surface area is 132 Å². The van der Waals surface area contributed by atoms with Gasteiger partial charge in [-0.3, -0.25) is 0 Å². The van der Waals surface area contributed by atoms with Gasteiger partial charge in [-0.15, -0.1) is 0 Å². The first-order chi connectivity index (χ1) is 10.2. The van der Waals surface area contributed by atoms with Crippen molar-refractivity contribution in [3.63, 3.8) is 0 Å². The first kappa shape index (κ1) is 17.5. The summed E-state index contributed by atoms with van der Waals surface area (Å²) in [5.74, 6) is 0. The van der Waals surface area contributed by atoms with Gasteiger partial charge in [0.1, 0.15) is 4.90 Å². The zero-order valence-corrected chi connectivity index (χ0v) is 13.4. The number of piperidine rings is 1. The van der Waals surface area contributed by atoms with Crippen LogP contribution in [0.3, 0.4) is 0 Å². The summed E-state index contributed by atoms with van der Waals surface area (Å²) < 4.78 is 64.7. The second-order valence-corrected chi connectivity index (χ2v) is 7.45. The molecule has 1 aliphatic heterocycles. The molecule has 0 amide bonds. The summed E-state index contributed by atoms with van der Waals surface area (Å²) >= 11 is 5.83. The van der Waals surface area contributed by atoms with Gasteiger partial charge in [-0.05, 0) is 38.1 Å². The van der Waals surface area contributed by atoms with Crippen molar-refractivity contribution in [2.75, 3.05) is 20.1 Å². The lowest BCUT2D eigenvalue weighted by Crippen LogP contribution is -2.46. The summed E-state index contributed by atoms with van der Waals surface area (Å²) in [7, 11) is -2.34. The molecule has 124 valence electrons. The lowest BCUT2D eigenvalue weighted by Gasteiger charge is -2.32. The second-order valence-electron chi connectivity index (χ2n) is 5.13. The number of hydrogen-bond acceptors (Lipinski definition) is 3. The Morgan fingerprint density at radius 1 is 1.36 bits per heavy atom. The fraction of sp³-hybridized carbons (Fsp3) is 0.538. The third-order valence-electron chi connectivity index (χ3n) is 3.67. The molecule has 0 aromatic heterocycles. The Hall–Kier alpha value is -0.830. The highest BCUT2D eigenvalue weighted by Crippen LogP contribution is 2.34. The molecule has 1 atom stereocenters. The summed E-state index contributed by atoms with van der Waals surface area (Å²) in [5, 5.41) is 2.78. The van der Waals surface area contributed by atoms with Crippen LogP contribution in [0.4, 0.5) is 13.2 Å². The van der Waals surface area contributed by atoms with Crippen molar-refractivity contribution in [2.45, 2.75) is 30.0 Å². The van der Waals surface area contributed by atoms with Crippen molar-refractivity contribution in [3.8, 4) is 0 Å². The van der Waals surface area contributed by atoms with E-state index in [1.165, 1.54) is 4.31 Å². The number of rotatable bonds is 3. The maximum atomic E-state index is 12.8. The summed E-state index contributed by atoms with van der Waals surface area (Å²) in [6.07, 6.45) is -3.16. The molecule has 4 nitrogen and oxygen atoms in total. The minimum atomic E-state index is -4.62. The highest BCUT2D eigenvalue weighted by atomic mass is 35.5. The molecule has 1 aromatic carbocycles. The quantitative estimate of drug-likeness (QED) is 0.906. The van der Waals surface area contributed by atoms with Crippen LogP contribution in [0.1, 0.15) is 18.4 Å². The molecule has 0 aliphatic carbocycles. The Morgan fingerprint density at radius 3 is 2.64 bits per heavy atom. The van der Waals surface area contributed by atoms with Gasteiger partial charge < -0.3 is 5.32 Å². The number of nitrogens with zero attached hydrogens (tertiary/aromatic N) is 1.